The van der Waals surface area contributed by atoms with Crippen LogP contribution in [0.4, 0.5) is 0 Å². The Bertz CT molecular complexity index is 2150. The minimum Gasteiger partial charge on any atom is -0.496 e. The van der Waals surface area contributed by atoms with Crippen LogP contribution in [0.2, 0.25) is 0 Å². The van der Waals surface area contributed by atoms with E-state index in [9.17, 15) is 9.59 Å². The first kappa shape index (κ1) is 30.3. The van der Waals surface area contributed by atoms with Gasteiger partial charge in [-0.15, -0.1) is 0 Å². The predicted octanol–water partition coefficient (Wildman–Crippen LogP) is 6.21. The van der Waals surface area contributed by atoms with Crippen molar-refractivity contribution in [3.8, 4) is 11.5 Å². The van der Waals surface area contributed by atoms with E-state index in [1.165, 1.54) is 11.3 Å². The smallest absolute Gasteiger partial charge is 0.271 e. The summed E-state index contributed by atoms with van der Waals surface area (Å²) in [6.07, 6.45) is 1.86. The second-order valence-electron chi connectivity index (χ2n) is 11.3. The molecule has 45 heavy (non-hydrogen) atoms. The fourth-order valence-corrected chi connectivity index (χ4v) is 7.23. The van der Waals surface area contributed by atoms with Crippen molar-refractivity contribution in [1.82, 2.24) is 9.47 Å². The molecule has 0 spiro atoms. The zero-order chi connectivity index (χ0) is 31.8. The van der Waals surface area contributed by atoms with Crippen LogP contribution in [0.3, 0.4) is 0 Å². The summed E-state index contributed by atoms with van der Waals surface area (Å²) in [7, 11) is 1.62. The highest BCUT2D eigenvalue weighted by molar-refractivity contribution is 7.07. The summed E-state index contributed by atoms with van der Waals surface area (Å²) >= 11 is 1.32. The van der Waals surface area contributed by atoms with Gasteiger partial charge in [0.2, 0.25) is 0 Å². The molecule has 5 aromatic rings. The number of carbonyl (C=O) groups is 1. The molecule has 0 saturated carbocycles. The number of thiazole rings is 1. The zero-order valence-corrected chi connectivity index (χ0v) is 27.3. The number of rotatable bonds is 8. The second kappa shape index (κ2) is 12.4. The molecule has 1 aromatic heterocycles. The van der Waals surface area contributed by atoms with Gasteiger partial charge in [0.15, 0.2) is 4.80 Å². The molecule has 8 heteroatoms. The van der Waals surface area contributed by atoms with Gasteiger partial charge in [0, 0.05) is 24.2 Å². The number of benzene rings is 4. The molecular formula is C37H37N3O4S. The maximum Gasteiger partial charge on any atom is 0.271 e. The number of hydrogen-bond acceptors (Lipinski definition) is 6. The number of ether oxygens (including phenoxy) is 2. The van der Waals surface area contributed by atoms with Crippen LogP contribution in [0.1, 0.15) is 51.8 Å². The molecule has 230 valence electrons. The highest BCUT2D eigenvalue weighted by Gasteiger charge is 2.36. The van der Waals surface area contributed by atoms with Gasteiger partial charge < -0.3 is 14.4 Å². The van der Waals surface area contributed by atoms with E-state index in [1.807, 2.05) is 107 Å². The summed E-state index contributed by atoms with van der Waals surface area (Å²) in [6.45, 7) is 10.8. The van der Waals surface area contributed by atoms with Crippen molar-refractivity contribution in [2.75, 3.05) is 20.2 Å². The third-order valence-electron chi connectivity index (χ3n) is 8.30. The van der Waals surface area contributed by atoms with Crippen LogP contribution in [0, 0.1) is 0 Å². The van der Waals surface area contributed by atoms with Gasteiger partial charge in [-0.05, 0) is 74.4 Å². The summed E-state index contributed by atoms with van der Waals surface area (Å²) < 4.78 is 14.3. The fourth-order valence-electron chi connectivity index (χ4n) is 6.20. The molecule has 1 aliphatic heterocycles. The second-order valence-corrected chi connectivity index (χ2v) is 12.3. The number of carbonyl (C=O) groups excluding carboxylic acids is 1. The summed E-state index contributed by atoms with van der Waals surface area (Å²) in [6, 6.07) is 23.2. The van der Waals surface area contributed by atoms with Gasteiger partial charge in [-0.3, -0.25) is 14.2 Å². The van der Waals surface area contributed by atoms with E-state index >= 15 is 0 Å². The number of likely N-dealkylation sites (N-methyl/N-ethyl adjacent to an activating group) is 1. The van der Waals surface area contributed by atoms with Gasteiger partial charge >= 0.3 is 0 Å². The first-order chi connectivity index (χ1) is 21.8. The molecule has 2 heterocycles. The molecule has 0 fully saturated rings. The van der Waals surface area contributed by atoms with Gasteiger partial charge in [-0.2, -0.15) is 0 Å². The number of amides is 1. The molecule has 0 unspecified atom stereocenters. The first-order valence-corrected chi connectivity index (χ1v) is 16.1. The summed E-state index contributed by atoms with van der Waals surface area (Å²) in [5.74, 6) is 1.17. The Morgan fingerprint density at radius 2 is 1.58 bits per heavy atom. The topological polar surface area (TPSA) is 73.1 Å². The van der Waals surface area contributed by atoms with E-state index in [0.717, 1.165) is 32.7 Å². The molecule has 1 aliphatic rings. The number of fused-ring (bicyclic) bond motifs is 3. The molecular weight excluding hydrogens is 582 g/mol. The van der Waals surface area contributed by atoms with Crippen molar-refractivity contribution in [2.45, 2.75) is 46.8 Å². The first-order valence-electron chi connectivity index (χ1n) is 15.3. The highest BCUT2D eigenvalue weighted by Crippen LogP contribution is 2.40. The van der Waals surface area contributed by atoms with Crippen LogP contribution < -0.4 is 24.4 Å². The van der Waals surface area contributed by atoms with Crippen molar-refractivity contribution >= 4 is 44.9 Å². The summed E-state index contributed by atoms with van der Waals surface area (Å²) in [4.78, 5) is 36.1. The Hall–Kier alpha value is -4.69. The van der Waals surface area contributed by atoms with E-state index in [1.54, 1.807) is 16.6 Å². The molecule has 1 atom stereocenters. The lowest BCUT2D eigenvalue weighted by Crippen LogP contribution is -2.43. The van der Waals surface area contributed by atoms with Crippen molar-refractivity contribution in [3.63, 3.8) is 0 Å². The molecule has 1 amide bonds. The van der Waals surface area contributed by atoms with E-state index in [4.69, 9.17) is 14.5 Å². The monoisotopic (exact) mass is 619 g/mol. The van der Waals surface area contributed by atoms with Crippen LogP contribution in [0.5, 0.6) is 11.5 Å². The standard InChI is InChI=1S/C37H37N3O4S/c1-7-39(8-2)36(42)32-23(5)38-37-40(34(32)33-27-16-12-10-14-25(27)18-20-30(33)43-6)35(41)31(45-37)21-28-26-15-11-9-13-24(26)17-19-29(28)44-22(3)4/h9-22,34H,7-8H2,1-6H3/b31-21+/t34-/m0/s1. The molecule has 6 rings (SSSR count). The molecule has 0 bridgehead atoms. The molecule has 7 nitrogen and oxygen atoms in total. The van der Waals surface area contributed by atoms with Crippen LogP contribution in [0.25, 0.3) is 27.6 Å². The maximum absolute atomic E-state index is 14.6. The van der Waals surface area contributed by atoms with E-state index in [-0.39, 0.29) is 17.6 Å². The largest absolute Gasteiger partial charge is 0.496 e. The quantitative estimate of drug-likeness (QED) is 0.207. The number of allylic oxidation sites excluding steroid dienone is 1. The third kappa shape index (κ3) is 5.33. The van der Waals surface area contributed by atoms with E-state index in [2.05, 4.69) is 6.07 Å². The number of nitrogens with zero attached hydrogens (tertiary/aromatic N) is 3. The lowest BCUT2D eigenvalue weighted by Gasteiger charge is -2.30. The van der Waals surface area contributed by atoms with Crippen LogP contribution in [-0.4, -0.2) is 41.7 Å². The Kier molecular flexibility index (Phi) is 8.34. The van der Waals surface area contributed by atoms with Crippen LogP contribution >= 0.6 is 11.3 Å². The number of aromatic nitrogens is 1. The van der Waals surface area contributed by atoms with Crippen LogP contribution in [-0.2, 0) is 4.79 Å². The maximum atomic E-state index is 14.6. The Morgan fingerprint density at radius 1 is 0.956 bits per heavy atom. The molecule has 0 aliphatic carbocycles. The lowest BCUT2D eigenvalue weighted by molar-refractivity contribution is -0.127. The van der Waals surface area contributed by atoms with Gasteiger partial charge in [-0.25, -0.2) is 4.99 Å². The van der Waals surface area contributed by atoms with Gasteiger partial charge in [0.1, 0.15) is 17.5 Å². The number of methoxy groups -OCH3 is 1. The van der Waals surface area contributed by atoms with E-state index < -0.39 is 6.04 Å². The Balaban J connectivity index is 1.68. The van der Waals surface area contributed by atoms with Crippen molar-refractivity contribution in [2.24, 2.45) is 4.99 Å². The average Bonchev–Trinajstić information content (AvgIpc) is 3.35. The van der Waals surface area contributed by atoms with Gasteiger partial charge in [-0.1, -0.05) is 72.0 Å². The fraction of sp³-hybridized carbons (Fsp3) is 0.270. The number of hydrogen-bond donors (Lipinski definition) is 0. The highest BCUT2D eigenvalue weighted by atomic mass is 32.1. The van der Waals surface area contributed by atoms with Gasteiger partial charge in [0.25, 0.3) is 11.5 Å². The average molecular weight is 620 g/mol. The molecule has 4 aromatic carbocycles. The Morgan fingerprint density at radius 3 is 2.22 bits per heavy atom. The van der Waals surface area contributed by atoms with Crippen LogP contribution in [0.15, 0.2) is 93.9 Å². The summed E-state index contributed by atoms with van der Waals surface area (Å²) in [5.41, 5.74) is 2.44. The lowest BCUT2D eigenvalue weighted by atomic mass is 9.90. The molecule has 0 N–H and O–H groups in total. The Labute approximate surface area is 266 Å². The molecule has 0 radical (unpaired) electrons. The third-order valence-corrected chi connectivity index (χ3v) is 9.28. The molecule has 0 saturated heterocycles. The minimum atomic E-state index is -0.739. The minimum absolute atomic E-state index is 0.0466. The normalized spacial score (nSPS) is 15.0. The predicted molar refractivity (Wildman–Crippen MR) is 182 cm³/mol. The summed E-state index contributed by atoms with van der Waals surface area (Å²) in [5, 5.41) is 3.94. The van der Waals surface area contributed by atoms with Crippen molar-refractivity contribution in [1.29, 1.82) is 0 Å². The van der Waals surface area contributed by atoms with Crippen molar-refractivity contribution in [3.05, 3.63) is 115 Å². The zero-order valence-electron chi connectivity index (χ0n) is 26.5. The van der Waals surface area contributed by atoms with E-state index in [0.29, 0.717) is 45.2 Å². The van der Waals surface area contributed by atoms with Gasteiger partial charge in [0.05, 0.1) is 29.0 Å². The van der Waals surface area contributed by atoms with Crippen molar-refractivity contribution < 1.29 is 14.3 Å². The SMILES string of the molecule is CCN(CC)C(=O)C1=C(C)N=c2s/c(=C/c3c(OC(C)C)ccc4ccccc34)c(=O)n2[C@@H]1c1c(OC)ccc2ccccc12.